The molecular formula is C8H14O4. The van der Waals surface area contributed by atoms with Crippen LogP contribution in [-0.4, -0.2) is 37.5 Å². The predicted octanol–water partition coefficient (Wildman–Crippen LogP) is 0.269. The van der Waals surface area contributed by atoms with E-state index in [9.17, 15) is 5.11 Å². The molecule has 4 nitrogen and oxygen atoms in total. The number of aliphatic hydroxyl groups is 1. The molecule has 0 aliphatic carbocycles. The average molecular weight is 174 g/mol. The van der Waals surface area contributed by atoms with Crippen LogP contribution in [0.3, 0.4) is 0 Å². The van der Waals surface area contributed by atoms with Crippen LogP contribution < -0.4 is 0 Å². The van der Waals surface area contributed by atoms with Crippen LogP contribution in [0.1, 0.15) is 6.92 Å². The largest absolute Gasteiger partial charge is 0.387 e. The molecule has 12 heavy (non-hydrogen) atoms. The average Bonchev–Trinajstić information content (AvgIpc) is 2.48. The molecule has 0 aromatic rings. The van der Waals surface area contributed by atoms with E-state index in [1.807, 2.05) is 0 Å². The summed E-state index contributed by atoms with van der Waals surface area (Å²) in [4.78, 5) is 0. The van der Waals surface area contributed by atoms with Crippen LogP contribution >= 0.6 is 0 Å². The van der Waals surface area contributed by atoms with Crippen molar-refractivity contribution in [3.05, 3.63) is 12.2 Å². The van der Waals surface area contributed by atoms with Crippen molar-refractivity contribution >= 4 is 0 Å². The Labute approximate surface area is 71.7 Å². The Morgan fingerprint density at radius 1 is 1.58 bits per heavy atom. The van der Waals surface area contributed by atoms with Gasteiger partial charge in [-0.1, -0.05) is 0 Å². The molecule has 0 saturated heterocycles. The normalized spacial score (nSPS) is 37.2. The van der Waals surface area contributed by atoms with E-state index < -0.39 is 18.2 Å². The van der Waals surface area contributed by atoms with Gasteiger partial charge in [-0.2, -0.15) is 0 Å². The maximum Gasteiger partial charge on any atom is 0.217 e. The lowest BCUT2D eigenvalue weighted by Crippen LogP contribution is -2.42. The Morgan fingerprint density at radius 3 is 2.50 bits per heavy atom. The van der Waals surface area contributed by atoms with E-state index in [4.69, 9.17) is 14.2 Å². The van der Waals surface area contributed by atoms with Crippen molar-refractivity contribution in [2.24, 2.45) is 0 Å². The van der Waals surface area contributed by atoms with Crippen molar-refractivity contribution in [3.63, 3.8) is 0 Å². The first-order chi connectivity index (χ1) is 5.64. The molecule has 3 atom stereocenters. The Morgan fingerprint density at radius 2 is 2.25 bits per heavy atom. The maximum atomic E-state index is 9.36. The van der Waals surface area contributed by atoms with E-state index >= 15 is 0 Å². The Kier molecular flexibility index (Phi) is 2.85. The summed E-state index contributed by atoms with van der Waals surface area (Å²) in [5.41, 5.74) is 0. The molecule has 70 valence electrons. The quantitative estimate of drug-likeness (QED) is 0.624. The summed E-state index contributed by atoms with van der Waals surface area (Å²) in [5, 5.41) is 9.36. The molecule has 1 aliphatic heterocycles. The number of hydrogen-bond donors (Lipinski definition) is 1. The lowest BCUT2D eigenvalue weighted by molar-refractivity contribution is -0.275. The molecule has 1 N–H and O–H groups in total. The first-order valence-corrected chi connectivity index (χ1v) is 3.78. The van der Waals surface area contributed by atoms with Crippen molar-refractivity contribution in [2.75, 3.05) is 14.2 Å². The van der Waals surface area contributed by atoms with Gasteiger partial charge in [0.05, 0.1) is 0 Å². The molecule has 1 rings (SSSR count). The molecule has 0 unspecified atom stereocenters. The zero-order chi connectivity index (χ0) is 9.19. The Hall–Kier alpha value is -0.420. The van der Waals surface area contributed by atoms with Crippen LogP contribution in [0.5, 0.6) is 0 Å². The molecule has 0 fully saturated rings. The Balaban J connectivity index is 2.68. The molecule has 0 aromatic carbocycles. The molecule has 0 amide bonds. The predicted molar refractivity (Wildman–Crippen MR) is 42.4 cm³/mol. The van der Waals surface area contributed by atoms with Gasteiger partial charge in [-0.05, 0) is 19.1 Å². The second-order valence-corrected chi connectivity index (χ2v) is 2.68. The SMILES string of the molecule is CO[C@H]1C=C[C@](OC)([C@H](C)O)O1. The minimum Gasteiger partial charge on any atom is -0.387 e. The van der Waals surface area contributed by atoms with Crippen molar-refractivity contribution in [2.45, 2.75) is 25.1 Å². The van der Waals surface area contributed by atoms with Gasteiger partial charge in [-0.25, -0.2) is 0 Å². The zero-order valence-electron chi connectivity index (χ0n) is 7.48. The molecular weight excluding hydrogens is 160 g/mol. The smallest absolute Gasteiger partial charge is 0.217 e. The van der Waals surface area contributed by atoms with Crippen LogP contribution in [0.4, 0.5) is 0 Å². The topological polar surface area (TPSA) is 47.9 Å². The van der Waals surface area contributed by atoms with Gasteiger partial charge in [-0.3, -0.25) is 0 Å². The van der Waals surface area contributed by atoms with Gasteiger partial charge in [-0.15, -0.1) is 0 Å². The minimum atomic E-state index is -1.04. The third-order valence-corrected chi connectivity index (χ3v) is 1.92. The van der Waals surface area contributed by atoms with Crippen molar-refractivity contribution in [1.82, 2.24) is 0 Å². The van der Waals surface area contributed by atoms with Gasteiger partial charge in [0.1, 0.15) is 6.10 Å². The van der Waals surface area contributed by atoms with Crippen molar-refractivity contribution < 1.29 is 19.3 Å². The lowest BCUT2D eigenvalue weighted by Gasteiger charge is -2.29. The summed E-state index contributed by atoms with van der Waals surface area (Å²) >= 11 is 0. The number of aliphatic hydroxyl groups excluding tert-OH is 1. The summed E-state index contributed by atoms with van der Waals surface area (Å²) < 4.78 is 15.3. The van der Waals surface area contributed by atoms with E-state index in [1.54, 1.807) is 19.1 Å². The zero-order valence-corrected chi connectivity index (χ0v) is 7.48. The molecule has 0 saturated carbocycles. The maximum absolute atomic E-state index is 9.36. The first kappa shape index (κ1) is 9.67. The summed E-state index contributed by atoms with van der Waals surface area (Å²) in [6.45, 7) is 1.60. The van der Waals surface area contributed by atoms with Gasteiger partial charge < -0.3 is 19.3 Å². The lowest BCUT2D eigenvalue weighted by atomic mass is 10.2. The van der Waals surface area contributed by atoms with Crippen LogP contribution in [0, 0.1) is 0 Å². The van der Waals surface area contributed by atoms with Crippen molar-refractivity contribution in [3.8, 4) is 0 Å². The molecule has 1 heterocycles. The highest BCUT2D eigenvalue weighted by Gasteiger charge is 2.40. The van der Waals surface area contributed by atoms with Gasteiger partial charge in [0.25, 0.3) is 0 Å². The fourth-order valence-electron chi connectivity index (χ4n) is 1.12. The van der Waals surface area contributed by atoms with Crippen LogP contribution in [0.25, 0.3) is 0 Å². The fraction of sp³-hybridized carbons (Fsp3) is 0.750. The van der Waals surface area contributed by atoms with E-state index in [1.165, 1.54) is 14.2 Å². The van der Waals surface area contributed by atoms with Crippen LogP contribution in [0.15, 0.2) is 12.2 Å². The third-order valence-electron chi connectivity index (χ3n) is 1.92. The fourth-order valence-corrected chi connectivity index (χ4v) is 1.12. The number of ether oxygens (including phenoxy) is 3. The molecule has 0 bridgehead atoms. The molecule has 4 heteroatoms. The van der Waals surface area contributed by atoms with E-state index in [0.29, 0.717) is 0 Å². The number of hydrogen-bond acceptors (Lipinski definition) is 4. The highest BCUT2D eigenvalue weighted by Crippen LogP contribution is 2.27. The minimum absolute atomic E-state index is 0.431. The van der Waals surface area contributed by atoms with Crippen molar-refractivity contribution in [1.29, 1.82) is 0 Å². The summed E-state index contributed by atoms with van der Waals surface area (Å²) in [5.74, 6) is -1.04. The highest BCUT2D eigenvalue weighted by atomic mass is 16.8. The van der Waals surface area contributed by atoms with Crippen LogP contribution in [0.2, 0.25) is 0 Å². The van der Waals surface area contributed by atoms with Gasteiger partial charge in [0.2, 0.25) is 5.79 Å². The summed E-state index contributed by atoms with van der Waals surface area (Å²) in [6.07, 6.45) is 2.21. The van der Waals surface area contributed by atoms with E-state index in [-0.39, 0.29) is 0 Å². The molecule has 0 radical (unpaired) electrons. The summed E-state index contributed by atoms with van der Waals surface area (Å²) in [7, 11) is 3.01. The van der Waals surface area contributed by atoms with Crippen LogP contribution in [-0.2, 0) is 14.2 Å². The monoisotopic (exact) mass is 174 g/mol. The number of rotatable bonds is 3. The molecule has 0 spiro atoms. The standard InChI is InChI=1S/C8H14O4/c1-6(9)8(11-3)5-4-7(10-2)12-8/h4-7,9H,1-3H3/t6-,7+,8+/m0/s1. The molecule has 1 aliphatic rings. The van der Waals surface area contributed by atoms with E-state index in [0.717, 1.165) is 0 Å². The van der Waals surface area contributed by atoms with Gasteiger partial charge >= 0.3 is 0 Å². The highest BCUT2D eigenvalue weighted by molar-refractivity contribution is 5.07. The molecule has 0 aromatic heterocycles. The third kappa shape index (κ3) is 1.51. The van der Waals surface area contributed by atoms with E-state index in [2.05, 4.69) is 0 Å². The first-order valence-electron chi connectivity index (χ1n) is 3.78. The van der Waals surface area contributed by atoms with Gasteiger partial charge in [0, 0.05) is 14.2 Å². The second-order valence-electron chi connectivity index (χ2n) is 2.68. The van der Waals surface area contributed by atoms with Gasteiger partial charge in [0.15, 0.2) is 6.29 Å². The second kappa shape index (κ2) is 3.53. The Bertz CT molecular complexity index is 178. The summed E-state index contributed by atoms with van der Waals surface area (Å²) in [6, 6.07) is 0. The number of methoxy groups -OCH3 is 2.